The lowest BCUT2D eigenvalue weighted by molar-refractivity contribution is 0.553. The fourth-order valence-corrected chi connectivity index (χ4v) is 2.63. The van der Waals surface area contributed by atoms with E-state index < -0.39 is 0 Å². The van der Waals surface area contributed by atoms with Crippen molar-refractivity contribution in [2.45, 2.75) is 26.3 Å². The predicted octanol–water partition coefficient (Wildman–Crippen LogP) is 3.11. The highest BCUT2D eigenvalue weighted by molar-refractivity contribution is 7.07. The first-order valence-corrected chi connectivity index (χ1v) is 6.69. The molecule has 0 saturated heterocycles. The Hall–Kier alpha value is -1.16. The van der Waals surface area contributed by atoms with Gasteiger partial charge in [0.1, 0.15) is 0 Å². The zero-order valence-corrected chi connectivity index (χ0v) is 11.1. The van der Waals surface area contributed by atoms with Gasteiger partial charge in [-0.05, 0) is 59.3 Å². The Kier molecular flexibility index (Phi) is 3.94. The van der Waals surface area contributed by atoms with E-state index in [0.29, 0.717) is 0 Å². The SMILES string of the molecule is Cc1ccc(CC(NN)c2ccsc2)cc1C. The van der Waals surface area contributed by atoms with Gasteiger partial charge in [0.05, 0.1) is 6.04 Å². The third kappa shape index (κ3) is 2.94. The Balaban J connectivity index is 2.16. The average molecular weight is 246 g/mol. The summed E-state index contributed by atoms with van der Waals surface area (Å²) in [6, 6.07) is 8.91. The van der Waals surface area contributed by atoms with Gasteiger partial charge in [-0.3, -0.25) is 11.3 Å². The molecule has 0 radical (unpaired) electrons. The number of hydrazine groups is 1. The van der Waals surface area contributed by atoms with Crippen LogP contribution in [-0.4, -0.2) is 0 Å². The molecular formula is C14H18N2S. The van der Waals surface area contributed by atoms with E-state index in [1.165, 1.54) is 22.3 Å². The van der Waals surface area contributed by atoms with E-state index in [-0.39, 0.29) is 6.04 Å². The van der Waals surface area contributed by atoms with Gasteiger partial charge in [0.15, 0.2) is 0 Å². The number of thiophene rings is 1. The molecule has 1 atom stereocenters. The normalized spacial score (nSPS) is 12.6. The summed E-state index contributed by atoms with van der Waals surface area (Å²) in [5.74, 6) is 5.63. The molecular weight excluding hydrogens is 228 g/mol. The Morgan fingerprint density at radius 3 is 2.65 bits per heavy atom. The summed E-state index contributed by atoms with van der Waals surface area (Å²) in [4.78, 5) is 0. The molecule has 17 heavy (non-hydrogen) atoms. The third-order valence-corrected chi connectivity index (χ3v) is 3.86. The Morgan fingerprint density at radius 1 is 1.24 bits per heavy atom. The maximum Gasteiger partial charge on any atom is 0.0508 e. The Bertz CT molecular complexity index is 477. The lowest BCUT2D eigenvalue weighted by Gasteiger charge is -2.15. The second-order valence-electron chi connectivity index (χ2n) is 4.40. The summed E-state index contributed by atoms with van der Waals surface area (Å²) in [5, 5.41) is 4.23. The zero-order valence-electron chi connectivity index (χ0n) is 10.2. The van der Waals surface area contributed by atoms with Gasteiger partial charge in [0, 0.05) is 0 Å². The maximum atomic E-state index is 5.63. The van der Waals surface area contributed by atoms with Crippen LogP contribution in [0.3, 0.4) is 0 Å². The van der Waals surface area contributed by atoms with Crippen molar-refractivity contribution in [3.8, 4) is 0 Å². The molecule has 1 aromatic carbocycles. The summed E-state index contributed by atoms with van der Waals surface area (Å²) in [6.07, 6.45) is 0.925. The smallest absolute Gasteiger partial charge is 0.0508 e. The van der Waals surface area contributed by atoms with Crippen molar-refractivity contribution in [2.75, 3.05) is 0 Å². The fourth-order valence-electron chi connectivity index (χ4n) is 1.91. The molecule has 1 aromatic heterocycles. The van der Waals surface area contributed by atoms with Gasteiger partial charge < -0.3 is 0 Å². The van der Waals surface area contributed by atoms with Crippen molar-refractivity contribution in [1.29, 1.82) is 0 Å². The van der Waals surface area contributed by atoms with Gasteiger partial charge >= 0.3 is 0 Å². The summed E-state index contributed by atoms with van der Waals surface area (Å²) in [7, 11) is 0. The van der Waals surface area contributed by atoms with Crippen molar-refractivity contribution >= 4 is 11.3 Å². The number of nitrogens with two attached hydrogens (primary N) is 1. The highest BCUT2D eigenvalue weighted by atomic mass is 32.1. The molecule has 0 bridgehead atoms. The van der Waals surface area contributed by atoms with Crippen molar-refractivity contribution in [2.24, 2.45) is 5.84 Å². The monoisotopic (exact) mass is 246 g/mol. The number of hydrogen-bond donors (Lipinski definition) is 2. The predicted molar refractivity (Wildman–Crippen MR) is 74.0 cm³/mol. The van der Waals surface area contributed by atoms with E-state index in [9.17, 15) is 0 Å². The molecule has 0 aliphatic carbocycles. The van der Waals surface area contributed by atoms with Crippen LogP contribution in [0.15, 0.2) is 35.0 Å². The van der Waals surface area contributed by atoms with Crippen LogP contribution in [0.4, 0.5) is 0 Å². The molecule has 0 saturated carbocycles. The summed E-state index contributed by atoms with van der Waals surface area (Å²) in [6.45, 7) is 4.28. The van der Waals surface area contributed by atoms with Crippen LogP contribution in [0, 0.1) is 13.8 Å². The van der Waals surface area contributed by atoms with Gasteiger partial charge in [-0.15, -0.1) is 0 Å². The van der Waals surface area contributed by atoms with Gasteiger partial charge in [-0.1, -0.05) is 18.2 Å². The van der Waals surface area contributed by atoms with E-state index in [1.54, 1.807) is 11.3 Å². The van der Waals surface area contributed by atoms with Gasteiger partial charge in [-0.2, -0.15) is 11.3 Å². The van der Waals surface area contributed by atoms with Crippen LogP contribution < -0.4 is 11.3 Å². The lowest BCUT2D eigenvalue weighted by atomic mass is 9.98. The van der Waals surface area contributed by atoms with Crippen molar-refractivity contribution < 1.29 is 0 Å². The lowest BCUT2D eigenvalue weighted by Crippen LogP contribution is -2.29. The molecule has 2 rings (SSSR count). The number of aryl methyl sites for hydroxylation is 2. The average Bonchev–Trinajstić information content (AvgIpc) is 2.84. The molecule has 0 aliphatic rings. The van der Waals surface area contributed by atoms with Crippen LogP contribution >= 0.6 is 11.3 Å². The number of benzene rings is 1. The van der Waals surface area contributed by atoms with E-state index in [1.807, 2.05) is 0 Å². The van der Waals surface area contributed by atoms with E-state index >= 15 is 0 Å². The molecule has 0 aliphatic heterocycles. The molecule has 3 N–H and O–H groups in total. The van der Waals surface area contributed by atoms with Gasteiger partial charge in [0.25, 0.3) is 0 Å². The van der Waals surface area contributed by atoms with Crippen LogP contribution in [0.1, 0.15) is 28.3 Å². The first-order valence-electron chi connectivity index (χ1n) is 5.75. The number of rotatable bonds is 4. The van der Waals surface area contributed by atoms with Gasteiger partial charge in [-0.25, -0.2) is 0 Å². The minimum atomic E-state index is 0.198. The third-order valence-electron chi connectivity index (χ3n) is 3.16. The minimum absolute atomic E-state index is 0.198. The second kappa shape index (κ2) is 5.45. The van der Waals surface area contributed by atoms with Crippen LogP contribution in [0.2, 0.25) is 0 Å². The molecule has 2 aromatic rings. The first-order chi connectivity index (χ1) is 8.20. The topological polar surface area (TPSA) is 38.0 Å². The van der Waals surface area contributed by atoms with Crippen molar-refractivity contribution in [3.63, 3.8) is 0 Å². The van der Waals surface area contributed by atoms with Crippen LogP contribution in [0.25, 0.3) is 0 Å². The quantitative estimate of drug-likeness (QED) is 0.642. The maximum absolute atomic E-state index is 5.63. The van der Waals surface area contributed by atoms with Crippen LogP contribution in [-0.2, 0) is 6.42 Å². The van der Waals surface area contributed by atoms with E-state index in [0.717, 1.165) is 6.42 Å². The van der Waals surface area contributed by atoms with Crippen molar-refractivity contribution in [3.05, 3.63) is 57.3 Å². The van der Waals surface area contributed by atoms with Crippen molar-refractivity contribution in [1.82, 2.24) is 5.43 Å². The van der Waals surface area contributed by atoms with E-state index in [4.69, 9.17) is 5.84 Å². The highest BCUT2D eigenvalue weighted by Gasteiger charge is 2.11. The summed E-state index contributed by atoms with van der Waals surface area (Å²) >= 11 is 1.70. The largest absolute Gasteiger partial charge is 0.271 e. The molecule has 1 heterocycles. The molecule has 0 spiro atoms. The summed E-state index contributed by atoms with van der Waals surface area (Å²) < 4.78 is 0. The Labute approximate surface area is 106 Å². The van der Waals surface area contributed by atoms with Crippen LogP contribution in [0.5, 0.6) is 0 Å². The van der Waals surface area contributed by atoms with Gasteiger partial charge in [0.2, 0.25) is 0 Å². The molecule has 0 fully saturated rings. The standard InChI is InChI=1S/C14H18N2S/c1-10-3-4-12(7-11(10)2)8-14(16-15)13-5-6-17-9-13/h3-7,9,14,16H,8,15H2,1-2H3. The first kappa shape index (κ1) is 12.3. The molecule has 3 heteroatoms. The number of nitrogens with one attached hydrogen (secondary N) is 1. The second-order valence-corrected chi connectivity index (χ2v) is 5.18. The molecule has 1 unspecified atom stereocenters. The molecule has 2 nitrogen and oxygen atoms in total. The molecule has 90 valence electrons. The Morgan fingerprint density at radius 2 is 2.06 bits per heavy atom. The fraction of sp³-hybridized carbons (Fsp3) is 0.286. The number of hydrogen-bond acceptors (Lipinski definition) is 3. The van der Waals surface area contributed by atoms with E-state index in [2.05, 4.69) is 54.3 Å². The highest BCUT2D eigenvalue weighted by Crippen LogP contribution is 2.21. The zero-order chi connectivity index (χ0) is 12.3. The molecule has 0 amide bonds. The minimum Gasteiger partial charge on any atom is -0.271 e. The summed E-state index contributed by atoms with van der Waals surface area (Å²) in [5.41, 5.74) is 8.15.